The van der Waals surface area contributed by atoms with E-state index in [1.807, 2.05) is 66.7 Å². The Kier molecular flexibility index (Phi) is 11.6. The van der Waals surface area contributed by atoms with Crippen molar-refractivity contribution in [2.45, 2.75) is 109 Å². The second kappa shape index (κ2) is 16.2. The molecule has 286 valence electrons. The van der Waals surface area contributed by atoms with E-state index in [4.69, 9.17) is 14.2 Å². The van der Waals surface area contributed by atoms with Gasteiger partial charge in [0.15, 0.2) is 0 Å². The van der Waals surface area contributed by atoms with E-state index in [2.05, 4.69) is 31.3 Å². The molecule has 0 aliphatic heterocycles. The quantitative estimate of drug-likeness (QED) is 0.162. The van der Waals surface area contributed by atoms with Gasteiger partial charge >= 0.3 is 0 Å². The summed E-state index contributed by atoms with van der Waals surface area (Å²) in [5.41, 5.74) is 2.83. The van der Waals surface area contributed by atoms with E-state index in [0.717, 1.165) is 51.9 Å². The molecule has 0 heterocycles. The van der Waals surface area contributed by atoms with Crippen LogP contribution in [0.15, 0.2) is 78.9 Å². The van der Waals surface area contributed by atoms with E-state index >= 15 is 0 Å². The first kappa shape index (κ1) is 37.9. The molecule has 4 saturated carbocycles. The molecule has 2 N–H and O–H groups in total. The maximum Gasteiger partial charge on any atom is 0.220 e. The lowest BCUT2D eigenvalue weighted by Gasteiger charge is -2.60. The van der Waals surface area contributed by atoms with Gasteiger partial charge in [0.2, 0.25) is 5.91 Å². The molecule has 0 saturated heterocycles. The Hall–Kier alpha value is -3.35. The highest BCUT2D eigenvalue weighted by molar-refractivity contribution is 5.76. The fourth-order valence-corrected chi connectivity index (χ4v) is 12.0. The van der Waals surface area contributed by atoms with E-state index in [1.165, 1.54) is 64.2 Å². The van der Waals surface area contributed by atoms with Crippen LogP contribution >= 0.6 is 0 Å². The number of nitrogens with one attached hydrogen (secondary N) is 1. The summed E-state index contributed by atoms with van der Waals surface area (Å²) in [6.45, 7) is 5.98. The molecule has 8 atom stereocenters. The lowest BCUT2D eigenvalue weighted by molar-refractivity contribution is -0.127. The Morgan fingerprint density at radius 3 is 2.06 bits per heavy atom. The SMILES string of the molecule is COc1ccc(C(OCCC(O)CCNC(=O)C[C@H]2CCC3C4CCC5CCCC[C@]5(C)C4CC[C@@]32C)(c2ccccc2)c2ccc(OC)cc2)cc1. The minimum absolute atomic E-state index is 0.146. The number of aliphatic hydroxyl groups is 1. The Balaban J connectivity index is 0.949. The van der Waals surface area contributed by atoms with Crippen molar-refractivity contribution >= 4 is 5.91 Å². The number of carbonyl (C=O) groups is 1. The summed E-state index contributed by atoms with van der Waals surface area (Å²) in [7, 11) is 3.33. The van der Waals surface area contributed by atoms with Gasteiger partial charge in [-0.15, -0.1) is 0 Å². The van der Waals surface area contributed by atoms with Crippen LogP contribution in [0.2, 0.25) is 0 Å². The van der Waals surface area contributed by atoms with Gasteiger partial charge < -0.3 is 24.6 Å². The largest absolute Gasteiger partial charge is 0.497 e. The predicted molar refractivity (Wildman–Crippen MR) is 211 cm³/mol. The van der Waals surface area contributed by atoms with Gasteiger partial charge in [-0.1, -0.05) is 81.3 Å². The molecule has 7 rings (SSSR count). The summed E-state index contributed by atoms with van der Waals surface area (Å²) in [5, 5.41) is 14.3. The van der Waals surface area contributed by atoms with Crippen LogP contribution < -0.4 is 14.8 Å². The third-order valence-electron chi connectivity index (χ3n) is 15.0. The van der Waals surface area contributed by atoms with Crippen molar-refractivity contribution in [1.29, 1.82) is 0 Å². The van der Waals surface area contributed by atoms with Crippen molar-refractivity contribution in [2.24, 2.45) is 40.4 Å². The molecule has 4 aliphatic carbocycles. The molecule has 3 aromatic rings. The maximum absolute atomic E-state index is 13.4. The highest BCUT2D eigenvalue weighted by Crippen LogP contribution is 2.67. The van der Waals surface area contributed by atoms with Gasteiger partial charge in [-0.3, -0.25) is 4.79 Å². The number of hydrogen-bond donors (Lipinski definition) is 2. The molecule has 5 unspecified atom stereocenters. The monoisotopic (exact) mass is 721 g/mol. The molecule has 4 aliphatic rings. The number of fused-ring (bicyclic) bond motifs is 5. The Bertz CT molecular complexity index is 1590. The molecular weight excluding hydrogens is 659 g/mol. The zero-order chi connectivity index (χ0) is 37.1. The van der Waals surface area contributed by atoms with Crippen molar-refractivity contribution in [3.05, 3.63) is 95.6 Å². The average molecular weight is 722 g/mol. The highest BCUT2D eigenvalue weighted by atomic mass is 16.5. The number of rotatable bonds is 14. The smallest absolute Gasteiger partial charge is 0.220 e. The van der Waals surface area contributed by atoms with Crippen LogP contribution in [0.1, 0.15) is 114 Å². The summed E-state index contributed by atoms with van der Waals surface area (Å²) in [6, 6.07) is 26.2. The van der Waals surface area contributed by atoms with Crippen molar-refractivity contribution in [3.8, 4) is 11.5 Å². The first-order valence-corrected chi connectivity index (χ1v) is 20.6. The first-order valence-electron chi connectivity index (χ1n) is 20.6. The summed E-state index contributed by atoms with van der Waals surface area (Å²) in [5.74, 6) is 5.62. The zero-order valence-corrected chi connectivity index (χ0v) is 32.7. The minimum atomic E-state index is -0.921. The third kappa shape index (κ3) is 7.40. The first-order chi connectivity index (χ1) is 25.7. The average Bonchev–Trinajstić information content (AvgIpc) is 3.52. The number of benzene rings is 3. The van der Waals surface area contributed by atoms with Gasteiger partial charge in [0, 0.05) is 13.0 Å². The molecule has 0 spiro atoms. The highest BCUT2D eigenvalue weighted by Gasteiger charge is 2.59. The van der Waals surface area contributed by atoms with Gasteiger partial charge in [0.05, 0.1) is 26.9 Å². The second-order valence-corrected chi connectivity index (χ2v) is 17.4. The standard InChI is InChI=1S/C47H63NO5/c1-45-28-9-8-10-33(45)17-23-41-42-24-18-37(46(42,2)29-25-43(41)45)32-44(50)48-30-26-38(49)27-31-53-47(34-11-6-5-7-12-34,35-13-19-39(51-3)20-14-35)36-15-21-40(52-4)22-16-36/h5-7,11-16,19-22,33,37-38,41-43,49H,8-10,17-18,23-32H2,1-4H3,(H,48,50)/t33?,37-,38?,41?,42?,43?,45+,46-/m1/s1. The number of hydrogen-bond acceptors (Lipinski definition) is 5. The number of methoxy groups -OCH3 is 2. The van der Waals surface area contributed by atoms with Crippen LogP contribution in [-0.4, -0.2) is 44.5 Å². The van der Waals surface area contributed by atoms with Crippen molar-refractivity contribution in [3.63, 3.8) is 0 Å². The number of amides is 1. The van der Waals surface area contributed by atoms with E-state index in [-0.39, 0.29) is 11.3 Å². The van der Waals surface area contributed by atoms with Crippen molar-refractivity contribution in [2.75, 3.05) is 27.4 Å². The fourth-order valence-electron chi connectivity index (χ4n) is 12.0. The summed E-state index contributed by atoms with van der Waals surface area (Å²) >= 11 is 0. The van der Waals surface area contributed by atoms with Crippen molar-refractivity contribution < 1.29 is 24.1 Å². The minimum Gasteiger partial charge on any atom is -0.497 e. The molecule has 3 aromatic carbocycles. The summed E-state index contributed by atoms with van der Waals surface area (Å²) in [4.78, 5) is 13.4. The van der Waals surface area contributed by atoms with E-state index in [0.29, 0.717) is 43.7 Å². The molecule has 0 radical (unpaired) electrons. The molecular formula is C47H63NO5. The number of ether oxygens (including phenoxy) is 3. The maximum atomic E-state index is 13.4. The Labute approximate surface area is 318 Å². The number of carbonyl (C=O) groups excluding carboxylic acids is 1. The zero-order valence-electron chi connectivity index (χ0n) is 32.7. The number of aliphatic hydroxyl groups excluding tert-OH is 1. The van der Waals surface area contributed by atoms with Crippen molar-refractivity contribution in [1.82, 2.24) is 5.32 Å². The van der Waals surface area contributed by atoms with Crippen LogP contribution in [-0.2, 0) is 15.1 Å². The molecule has 1 amide bonds. The normalized spacial score (nSPS) is 30.0. The van der Waals surface area contributed by atoms with Gasteiger partial charge in [-0.25, -0.2) is 0 Å². The van der Waals surface area contributed by atoms with Crippen LogP contribution in [0.5, 0.6) is 11.5 Å². The van der Waals surface area contributed by atoms with E-state index in [1.54, 1.807) is 14.2 Å². The van der Waals surface area contributed by atoms with Crippen LogP contribution in [0.4, 0.5) is 0 Å². The lowest BCUT2D eigenvalue weighted by Crippen LogP contribution is -2.52. The van der Waals surface area contributed by atoms with Gasteiger partial charge in [-0.05, 0) is 146 Å². The molecule has 6 heteroatoms. The lowest BCUT2D eigenvalue weighted by atomic mass is 9.45. The topological polar surface area (TPSA) is 77.0 Å². The molecule has 0 bridgehead atoms. The van der Waals surface area contributed by atoms with E-state index < -0.39 is 11.7 Å². The Morgan fingerprint density at radius 2 is 1.40 bits per heavy atom. The third-order valence-corrected chi connectivity index (χ3v) is 15.0. The van der Waals surface area contributed by atoms with E-state index in [9.17, 15) is 9.90 Å². The molecule has 53 heavy (non-hydrogen) atoms. The predicted octanol–water partition coefficient (Wildman–Crippen LogP) is 9.71. The molecule has 4 fully saturated rings. The molecule has 6 nitrogen and oxygen atoms in total. The summed E-state index contributed by atoms with van der Waals surface area (Å²) < 4.78 is 17.9. The van der Waals surface area contributed by atoms with Crippen LogP contribution in [0.25, 0.3) is 0 Å². The van der Waals surface area contributed by atoms with Crippen LogP contribution in [0, 0.1) is 40.4 Å². The second-order valence-electron chi connectivity index (χ2n) is 17.4. The van der Waals surface area contributed by atoms with Gasteiger partial charge in [-0.2, -0.15) is 0 Å². The summed E-state index contributed by atoms with van der Waals surface area (Å²) in [6.07, 6.45) is 14.7. The molecule has 0 aromatic heterocycles. The Morgan fingerprint density at radius 1 is 0.755 bits per heavy atom. The van der Waals surface area contributed by atoms with Crippen LogP contribution in [0.3, 0.4) is 0 Å². The van der Waals surface area contributed by atoms with Gasteiger partial charge in [0.25, 0.3) is 0 Å². The van der Waals surface area contributed by atoms with Gasteiger partial charge in [0.1, 0.15) is 17.1 Å². The fraction of sp³-hybridized carbons (Fsp3) is 0.596.